The Kier molecular flexibility index (Phi) is 8.68. The van der Waals surface area contributed by atoms with Gasteiger partial charge in [0.15, 0.2) is 0 Å². The first kappa shape index (κ1) is 27.3. The lowest BCUT2D eigenvalue weighted by Gasteiger charge is -2.19. The summed E-state index contributed by atoms with van der Waals surface area (Å²) in [5.74, 6) is 0.314. The molecule has 11 heteroatoms. The molecule has 0 unspecified atom stereocenters. The Bertz CT molecular complexity index is 1170. The number of hydrogen-bond donors (Lipinski definition) is 5. The minimum absolute atomic E-state index is 0.102. The van der Waals surface area contributed by atoms with E-state index >= 15 is 0 Å². The molecule has 0 bridgehead atoms. The molecule has 0 saturated heterocycles. The molecule has 0 spiro atoms. The monoisotopic (exact) mass is 520 g/mol. The van der Waals surface area contributed by atoms with E-state index in [2.05, 4.69) is 20.6 Å². The van der Waals surface area contributed by atoms with Crippen molar-refractivity contribution >= 4 is 16.9 Å². The van der Waals surface area contributed by atoms with Crippen LogP contribution in [0.1, 0.15) is 42.5 Å². The summed E-state index contributed by atoms with van der Waals surface area (Å²) in [6.07, 6.45) is 0.202. The zero-order chi connectivity index (χ0) is 26.6. The standard InChI is InChI=1S/C26H35F3N6O2/c1-2-17-14-35(25-21(17)24(30)33-15-34-25)20-12-18(22(36)23(20)37)13-32-10-3-9-31-11-8-16-4-6-19(7-5-16)26(27,28)29/h4-7,14-15,18,20,22-23,31-32,36-37H,2-3,8-13H2,1H3,(H2,30,33,34)/t18-,20-,22-,23+/m1/s1. The lowest BCUT2D eigenvalue weighted by Crippen LogP contribution is -2.34. The first-order valence-electron chi connectivity index (χ1n) is 12.7. The van der Waals surface area contributed by atoms with Crippen LogP contribution in [0.25, 0.3) is 11.0 Å². The van der Waals surface area contributed by atoms with Gasteiger partial charge in [0.05, 0.1) is 23.1 Å². The predicted octanol–water partition coefficient (Wildman–Crippen LogP) is 2.69. The zero-order valence-corrected chi connectivity index (χ0v) is 20.9. The van der Waals surface area contributed by atoms with E-state index in [9.17, 15) is 23.4 Å². The van der Waals surface area contributed by atoms with Gasteiger partial charge in [0.1, 0.15) is 23.9 Å². The second-order valence-corrected chi connectivity index (χ2v) is 9.67. The molecule has 4 atom stereocenters. The number of aryl methyl sites for hydroxylation is 1. The smallest absolute Gasteiger partial charge is 0.390 e. The third-order valence-corrected chi connectivity index (χ3v) is 7.21. The Morgan fingerprint density at radius 1 is 1.05 bits per heavy atom. The van der Waals surface area contributed by atoms with Crippen LogP contribution in [-0.2, 0) is 19.0 Å². The molecular weight excluding hydrogens is 485 g/mol. The van der Waals surface area contributed by atoms with Crippen molar-refractivity contribution in [1.29, 1.82) is 0 Å². The Morgan fingerprint density at radius 2 is 1.78 bits per heavy atom. The molecule has 4 rings (SSSR count). The van der Waals surface area contributed by atoms with Crippen molar-refractivity contribution in [2.45, 2.75) is 57.0 Å². The predicted molar refractivity (Wildman–Crippen MR) is 136 cm³/mol. The van der Waals surface area contributed by atoms with E-state index in [0.29, 0.717) is 37.4 Å². The van der Waals surface area contributed by atoms with Crippen LogP contribution >= 0.6 is 0 Å². The number of anilines is 1. The van der Waals surface area contributed by atoms with Crippen LogP contribution < -0.4 is 16.4 Å². The zero-order valence-electron chi connectivity index (χ0n) is 20.9. The molecule has 1 fully saturated rings. The third-order valence-electron chi connectivity index (χ3n) is 7.21. The van der Waals surface area contributed by atoms with E-state index < -0.39 is 23.9 Å². The van der Waals surface area contributed by atoms with Crippen molar-refractivity contribution in [2.24, 2.45) is 5.92 Å². The molecule has 1 aliphatic carbocycles. The summed E-state index contributed by atoms with van der Waals surface area (Å²) in [5, 5.41) is 29.0. The van der Waals surface area contributed by atoms with E-state index in [-0.39, 0.29) is 12.0 Å². The molecular formula is C26H35F3N6O2. The summed E-state index contributed by atoms with van der Waals surface area (Å²) in [5.41, 5.74) is 8.00. The molecule has 2 aromatic heterocycles. The van der Waals surface area contributed by atoms with E-state index in [0.717, 1.165) is 54.6 Å². The summed E-state index contributed by atoms with van der Waals surface area (Å²) in [4.78, 5) is 8.49. The Morgan fingerprint density at radius 3 is 2.49 bits per heavy atom. The number of nitrogens with zero attached hydrogens (tertiary/aromatic N) is 3. The van der Waals surface area contributed by atoms with Gasteiger partial charge in [0, 0.05) is 18.7 Å². The van der Waals surface area contributed by atoms with E-state index in [1.165, 1.54) is 18.5 Å². The van der Waals surface area contributed by atoms with Crippen molar-refractivity contribution in [3.05, 3.63) is 53.5 Å². The fraction of sp³-hybridized carbons (Fsp3) is 0.538. The van der Waals surface area contributed by atoms with Crippen molar-refractivity contribution in [2.75, 3.05) is 31.9 Å². The van der Waals surface area contributed by atoms with E-state index in [1.807, 2.05) is 17.7 Å². The number of nitrogens with two attached hydrogens (primary N) is 1. The van der Waals surface area contributed by atoms with Crippen LogP contribution in [0.3, 0.4) is 0 Å². The molecule has 37 heavy (non-hydrogen) atoms. The van der Waals surface area contributed by atoms with Gasteiger partial charge in [-0.1, -0.05) is 19.1 Å². The summed E-state index contributed by atoms with van der Waals surface area (Å²) < 4.78 is 39.9. The normalized spacial score (nSPS) is 22.2. The lowest BCUT2D eigenvalue weighted by atomic mass is 10.1. The molecule has 3 aromatic rings. The summed E-state index contributed by atoms with van der Waals surface area (Å²) in [6.45, 7) is 4.80. The van der Waals surface area contributed by atoms with Gasteiger partial charge in [-0.3, -0.25) is 0 Å². The van der Waals surface area contributed by atoms with Crippen molar-refractivity contribution in [3.63, 3.8) is 0 Å². The number of benzene rings is 1. The first-order valence-corrected chi connectivity index (χ1v) is 12.7. The maximum atomic E-state index is 12.6. The molecule has 1 aliphatic rings. The number of aromatic nitrogens is 3. The number of aliphatic hydroxyl groups is 2. The molecule has 1 aromatic carbocycles. The number of halogens is 3. The molecule has 2 heterocycles. The number of hydrogen-bond acceptors (Lipinski definition) is 7. The number of alkyl halides is 3. The number of aliphatic hydroxyl groups excluding tert-OH is 2. The highest BCUT2D eigenvalue weighted by Crippen LogP contribution is 2.38. The second-order valence-electron chi connectivity index (χ2n) is 9.67. The maximum Gasteiger partial charge on any atom is 0.416 e. The van der Waals surface area contributed by atoms with Crippen LogP contribution in [0.2, 0.25) is 0 Å². The largest absolute Gasteiger partial charge is 0.416 e. The van der Waals surface area contributed by atoms with Gasteiger partial charge in [0.2, 0.25) is 0 Å². The van der Waals surface area contributed by atoms with Crippen molar-refractivity contribution < 1.29 is 23.4 Å². The summed E-state index contributed by atoms with van der Waals surface area (Å²) in [7, 11) is 0. The van der Waals surface area contributed by atoms with Gasteiger partial charge in [0.25, 0.3) is 0 Å². The average Bonchev–Trinajstić information content (AvgIpc) is 3.38. The van der Waals surface area contributed by atoms with Crippen LogP contribution in [0, 0.1) is 5.92 Å². The second kappa shape index (κ2) is 11.8. The molecule has 202 valence electrons. The quantitative estimate of drug-likeness (QED) is 0.247. The Labute approximate surface area is 214 Å². The van der Waals surface area contributed by atoms with E-state index in [4.69, 9.17) is 5.73 Å². The third kappa shape index (κ3) is 6.23. The van der Waals surface area contributed by atoms with Gasteiger partial charge in [-0.2, -0.15) is 13.2 Å². The molecule has 0 amide bonds. The van der Waals surface area contributed by atoms with Gasteiger partial charge in [-0.05, 0) is 68.6 Å². The topological polar surface area (TPSA) is 121 Å². The van der Waals surface area contributed by atoms with Crippen molar-refractivity contribution in [3.8, 4) is 0 Å². The fourth-order valence-electron chi connectivity index (χ4n) is 5.13. The fourth-order valence-corrected chi connectivity index (χ4v) is 5.13. The molecule has 0 aliphatic heterocycles. The minimum atomic E-state index is -4.31. The van der Waals surface area contributed by atoms with E-state index in [1.54, 1.807) is 0 Å². The SMILES string of the molecule is CCc1cn([C@@H]2C[C@H](CNCCCNCCc3ccc(C(F)(F)F)cc3)[C@@H](O)[C@H]2O)c2ncnc(N)c12. The highest BCUT2D eigenvalue weighted by Gasteiger charge is 2.42. The Balaban J connectivity index is 1.19. The van der Waals surface area contributed by atoms with Crippen molar-refractivity contribution in [1.82, 2.24) is 25.2 Å². The molecule has 0 radical (unpaired) electrons. The van der Waals surface area contributed by atoms with Crippen LogP contribution in [0.4, 0.5) is 19.0 Å². The highest BCUT2D eigenvalue weighted by atomic mass is 19.4. The number of fused-ring (bicyclic) bond motifs is 1. The minimum Gasteiger partial charge on any atom is -0.390 e. The molecule has 8 nitrogen and oxygen atoms in total. The highest BCUT2D eigenvalue weighted by molar-refractivity contribution is 5.89. The molecule has 6 N–H and O–H groups in total. The van der Waals surface area contributed by atoms with Gasteiger partial charge in [-0.25, -0.2) is 9.97 Å². The van der Waals surface area contributed by atoms with Crippen LogP contribution in [0.15, 0.2) is 36.8 Å². The Hall–Kier alpha value is -2.73. The number of nitrogen functional groups attached to an aromatic ring is 1. The van der Waals surface area contributed by atoms with Crippen LogP contribution in [-0.4, -0.2) is 63.1 Å². The molecule has 1 saturated carbocycles. The van der Waals surface area contributed by atoms with Gasteiger partial charge in [-0.15, -0.1) is 0 Å². The maximum absolute atomic E-state index is 12.6. The first-order chi connectivity index (χ1) is 17.7. The summed E-state index contributed by atoms with van der Waals surface area (Å²) >= 11 is 0. The lowest BCUT2D eigenvalue weighted by molar-refractivity contribution is -0.137. The average molecular weight is 521 g/mol. The van der Waals surface area contributed by atoms with Crippen LogP contribution in [0.5, 0.6) is 0 Å². The summed E-state index contributed by atoms with van der Waals surface area (Å²) in [6, 6.07) is 4.96. The number of rotatable bonds is 11. The number of nitrogens with one attached hydrogen (secondary N) is 2. The van der Waals surface area contributed by atoms with Gasteiger partial charge < -0.3 is 31.1 Å². The van der Waals surface area contributed by atoms with Gasteiger partial charge >= 0.3 is 6.18 Å².